The molecule has 1 atom stereocenters. The molecule has 0 fully saturated rings. The van der Waals surface area contributed by atoms with Gasteiger partial charge in [0.2, 0.25) is 5.91 Å². The fraction of sp³-hybridized carbons (Fsp3) is 0.429. The third kappa shape index (κ3) is 1.52. The highest BCUT2D eigenvalue weighted by molar-refractivity contribution is 6.08. The Morgan fingerprint density at radius 2 is 2.18 bits per heavy atom. The third-order valence-corrected chi connectivity index (χ3v) is 3.68. The smallest absolute Gasteiger partial charge is 0.237 e. The number of fused-ring (bicyclic) bond motifs is 1. The molecule has 0 saturated heterocycles. The van der Waals surface area contributed by atoms with Crippen molar-refractivity contribution in [3.63, 3.8) is 0 Å². The summed E-state index contributed by atoms with van der Waals surface area (Å²) >= 11 is 0. The normalized spacial score (nSPS) is 22.5. The van der Waals surface area contributed by atoms with Gasteiger partial charge in [0.15, 0.2) is 0 Å². The van der Waals surface area contributed by atoms with E-state index < -0.39 is 5.41 Å². The Kier molecular flexibility index (Phi) is 2.66. The summed E-state index contributed by atoms with van der Waals surface area (Å²) in [7, 11) is 1.81. The number of carbonyl (C=O) groups excluding carboxylic acids is 1. The number of carbonyl (C=O) groups is 1. The second-order valence-corrected chi connectivity index (χ2v) is 4.83. The Morgan fingerprint density at radius 3 is 2.82 bits per heavy atom. The van der Waals surface area contributed by atoms with Gasteiger partial charge in [-0.15, -0.1) is 0 Å². The van der Waals surface area contributed by atoms with Crippen molar-refractivity contribution in [1.29, 1.82) is 5.26 Å². The molecule has 17 heavy (non-hydrogen) atoms. The minimum atomic E-state index is -0.536. The molecule has 1 aromatic carbocycles. The lowest BCUT2D eigenvalue weighted by molar-refractivity contribution is -0.122. The van der Waals surface area contributed by atoms with E-state index in [0.29, 0.717) is 12.8 Å². The van der Waals surface area contributed by atoms with Gasteiger partial charge < -0.3 is 4.90 Å². The topological polar surface area (TPSA) is 44.1 Å². The maximum absolute atomic E-state index is 12.4. The van der Waals surface area contributed by atoms with Crippen LogP contribution in [0.5, 0.6) is 0 Å². The molecule has 1 aromatic rings. The Hall–Kier alpha value is -1.82. The van der Waals surface area contributed by atoms with Crippen molar-refractivity contribution in [1.82, 2.24) is 0 Å². The van der Waals surface area contributed by atoms with Crippen molar-refractivity contribution in [2.75, 3.05) is 11.9 Å². The zero-order valence-electron chi connectivity index (χ0n) is 10.4. The molecule has 1 aliphatic rings. The molecule has 0 N–H and O–H groups in total. The standard InChI is InChI=1S/C14H16N2O/c1-10-6-4-7-11-12(10)16(3)13(17)14(11,2)8-5-9-15/h4,6-7H,5,8H2,1-3H3. The molecule has 88 valence electrons. The summed E-state index contributed by atoms with van der Waals surface area (Å²) in [5.74, 6) is 0.0945. The van der Waals surface area contributed by atoms with Crippen LogP contribution in [0.3, 0.4) is 0 Å². The number of para-hydroxylation sites is 1. The molecule has 0 aromatic heterocycles. The summed E-state index contributed by atoms with van der Waals surface area (Å²) in [5.41, 5.74) is 2.64. The average Bonchev–Trinajstić information content (AvgIpc) is 2.51. The summed E-state index contributed by atoms with van der Waals surface area (Å²) in [6.45, 7) is 3.95. The molecule has 1 amide bonds. The first-order valence-electron chi connectivity index (χ1n) is 5.77. The predicted molar refractivity (Wildman–Crippen MR) is 66.8 cm³/mol. The lowest BCUT2D eigenvalue weighted by atomic mass is 9.79. The van der Waals surface area contributed by atoms with Crippen molar-refractivity contribution in [2.45, 2.75) is 32.1 Å². The molecule has 0 spiro atoms. The molecule has 2 rings (SSSR count). The molecular formula is C14H16N2O. The fourth-order valence-corrected chi connectivity index (χ4v) is 2.68. The number of hydrogen-bond donors (Lipinski definition) is 0. The Morgan fingerprint density at radius 1 is 1.47 bits per heavy atom. The molecule has 3 heteroatoms. The number of likely N-dealkylation sites (N-methyl/N-ethyl adjacent to an activating group) is 1. The van der Waals surface area contributed by atoms with Gasteiger partial charge in [0.25, 0.3) is 0 Å². The van der Waals surface area contributed by atoms with Gasteiger partial charge in [0.1, 0.15) is 0 Å². The molecule has 0 aliphatic carbocycles. The van der Waals surface area contributed by atoms with Gasteiger partial charge in [-0.1, -0.05) is 18.2 Å². The zero-order chi connectivity index (χ0) is 12.6. The highest BCUT2D eigenvalue weighted by Crippen LogP contribution is 2.45. The van der Waals surface area contributed by atoms with E-state index in [1.165, 1.54) is 0 Å². The van der Waals surface area contributed by atoms with Crippen LogP contribution in [0, 0.1) is 18.3 Å². The molecule has 0 bridgehead atoms. The SMILES string of the molecule is Cc1cccc2c1N(C)C(=O)C2(C)CCC#N. The van der Waals surface area contributed by atoms with E-state index >= 15 is 0 Å². The minimum absolute atomic E-state index is 0.0945. The highest BCUT2D eigenvalue weighted by Gasteiger charge is 2.45. The number of rotatable bonds is 2. The monoisotopic (exact) mass is 228 g/mol. The maximum Gasteiger partial charge on any atom is 0.237 e. The lowest BCUT2D eigenvalue weighted by Gasteiger charge is -2.21. The van der Waals surface area contributed by atoms with Crippen LogP contribution in [-0.2, 0) is 10.2 Å². The summed E-state index contributed by atoms with van der Waals surface area (Å²) in [5, 5.41) is 8.72. The van der Waals surface area contributed by atoms with Crippen molar-refractivity contribution < 1.29 is 4.79 Å². The molecule has 0 radical (unpaired) electrons. The first kappa shape index (κ1) is 11.7. The van der Waals surface area contributed by atoms with Crippen molar-refractivity contribution in [3.05, 3.63) is 29.3 Å². The zero-order valence-corrected chi connectivity index (χ0v) is 10.4. The largest absolute Gasteiger partial charge is 0.314 e. The van der Waals surface area contributed by atoms with E-state index in [9.17, 15) is 4.79 Å². The van der Waals surface area contributed by atoms with Crippen LogP contribution in [0.25, 0.3) is 0 Å². The van der Waals surface area contributed by atoms with Crippen LogP contribution >= 0.6 is 0 Å². The van der Waals surface area contributed by atoms with Crippen molar-refractivity contribution in [3.8, 4) is 6.07 Å². The van der Waals surface area contributed by atoms with Gasteiger partial charge in [-0.25, -0.2) is 0 Å². The molecular weight excluding hydrogens is 212 g/mol. The van der Waals surface area contributed by atoms with Crippen LogP contribution in [0.2, 0.25) is 0 Å². The van der Waals surface area contributed by atoms with E-state index in [1.54, 1.807) is 4.90 Å². The van der Waals surface area contributed by atoms with E-state index in [2.05, 4.69) is 6.07 Å². The number of hydrogen-bond acceptors (Lipinski definition) is 2. The second kappa shape index (κ2) is 3.89. The summed E-state index contributed by atoms with van der Waals surface area (Å²) in [6, 6.07) is 8.12. The number of anilines is 1. The Bertz CT molecular complexity index is 515. The van der Waals surface area contributed by atoms with E-state index in [1.807, 2.05) is 39.1 Å². The third-order valence-electron chi connectivity index (χ3n) is 3.68. The number of aryl methyl sites for hydroxylation is 1. The van der Waals surface area contributed by atoms with Gasteiger partial charge >= 0.3 is 0 Å². The van der Waals surface area contributed by atoms with Crippen LogP contribution in [-0.4, -0.2) is 13.0 Å². The maximum atomic E-state index is 12.4. The lowest BCUT2D eigenvalue weighted by Crippen LogP contribution is -2.36. The van der Waals surface area contributed by atoms with Gasteiger partial charge in [0, 0.05) is 13.5 Å². The van der Waals surface area contributed by atoms with Gasteiger partial charge in [0.05, 0.1) is 17.2 Å². The highest BCUT2D eigenvalue weighted by atomic mass is 16.2. The molecule has 0 saturated carbocycles. The van der Waals surface area contributed by atoms with E-state index in [0.717, 1.165) is 16.8 Å². The van der Waals surface area contributed by atoms with Crippen LogP contribution in [0.1, 0.15) is 30.9 Å². The average molecular weight is 228 g/mol. The first-order chi connectivity index (χ1) is 8.02. The molecule has 1 aliphatic heterocycles. The number of nitrogens with zero attached hydrogens (tertiary/aromatic N) is 2. The molecule has 1 unspecified atom stereocenters. The van der Waals surface area contributed by atoms with E-state index in [4.69, 9.17) is 5.26 Å². The fourth-order valence-electron chi connectivity index (χ4n) is 2.68. The molecule has 3 nitrogen and oxygen atoms in total. The van der Waals surface area contributed by atoms with Crippen LogP contribution < -0.4 is 4.90 Å². The van der Waals surface area contributed by atoms with Gasteiger partial charge in [-0.3, -0.25) is 4.79 Å². The molecule has 1 heterocycles. The Labute approximate surface area is 102 Å². The Balaban J connectivity index is 2.56. The van der Waals surface area contributed by atoms with Crippen molar-refractivity contribution >= 4 is 11.6 Å². The second-order valence-electron chi connectivity index (χ2n) is 4.83. The number of benzene rings is 1. The summed E-state index contributed by atoms with van der Waals surface area (Å²) < 4.78 is 0. The number of nitriles is 1. The van der Waals surface area contributed by atoms with Crippen LogP contribution in [0.4, 0.5) is 5.69 Å². The summed E-state index contributed by atoms with van der Waals surface area (Å²) in [6.07, 6.45) is 0.993. The summed E-state index contributed by atoms with van der Waals surface area (Å²) in [4.78, 5) is 14.1. The van der Waals surface area contributed by atoms with Gasteiger partial charge in [-0.05, 0) is 31.4 Å². The van der Waals surface area contributed by atoms with Crippen LogP contribution in [0.15, 0.2) is 18.2 Å². The van der Waals surface area contributed by atoms with E-state index in [-0.39, 0.29) is 5.91 Å². The number of amides is 1. The predicted octanol–water partition coefficient (Wildman–Crippen LogP) is 2.53. The first-order valence-corrected chi connectivity index (χ1v) is 5.77. The quantitative estimate of drug-likeness (QED) is 0.780. The minimum Gasteiger partial charge on any atom is -0.314 e. The van der Waals surface area contributed by atoms with Gasteiger partial charge in [-0.2, -0.15) is 5.26 Å². The van der Waals surface area contributed by atoms with Crippen molar-refractivity contribution in [2.24, 2.45) is 0 Å².